The number of likely N-dealkylation sites (N-methyl/N-ethyl adjacent to an activating group) is 1. The van der Waals surface area contributed by atoms with Crippen LogP contribution in [0.1, 0.15) is 11.3 Å². The maximum Gasteiger partial charge on any atom is 0.0501 e. The highest BCUT2D eigenvalue weighted by Gasteiger charge is 2.02. The Bertz CT molecular complexity index is 508. The smallest absolute Gasteiger partial charge is 0.0501 e. The van der Waals surface area contributed by atoms with E-state index in [1.54, 1.807) is 6.20 Å². The number of halogens is 1. The Balaban J connectivity index is 1.82. The Morgan fingerprint density at radius 3 is 2.53 bits per heavy atom. The fourth-order valence-corrected chi connectivity index (χ4v) is 2.00. The van der Waals surface area contributed by atoms with Gasteiger partial charge in [0.2, 0.25) is 0 Å². The van der Waals surface area contributed by atoms with Crippen LogP contribution < -0.4 is 5.73 Å². The van der Waals surface area contributed by atoms with Crippen molar-refractivity contribution in [3.05, 3.63) is 58.9 Å². The molecule has 1 aromatic heterocycles. The summed E-state index contributed by atoms with van der Waals surface area (Å²) in [5.41, 5.74) is 8.65. The lowest BCUT2D eigenvalue weighted by Gasteiger charge is -2.16. The Morgan fingerprint density at radius 2 is 1.89 bits per heavy atom. The third-order valence-corrected chi connectivity index (χ3v) is 3.22. The van der Waals surface area contributed by atoms with Gasteiger partial charge in [0.1, 0.15) is 0 Å². The highest BCUT2D eigenvalue weighted by atomic mass is 35.5. The highest BCUT2D eigenvalue weighted by Crippen LogP contribution is 2.11. The van der Waals surface area contributed by atoms with Crippen molar-refractivity contribution in [2.24, 2.45) is 0 Å². The van der Waals surface area contributed by atoms with Crippen LogP contribution in [0.3, 0.4) is 0 Å². The van der Waals surface area contributed by atoms with E-state index in [-0.39, 0.29) is 0 Å². The monoisotopic (exact) mass is 275 g/mol. The lowest BCUT2D eigenvalue weighted by atomic mass is 10.2. The molecule has 100 valence electrons. The third-order valence-electron chi connectivity index (χ3n) is 2.96. The third kappa shape index (κ3) is 4.54. The van der Waals surface area contributed by atoms with Crippen molar-refractivity contribution in [1.82, 2.24) is 9.88 Å². The number of pyridine rings is 1. The zero-order valence-electron chi connectivity index (χ0n) is 11.0. The molecule has 0 aliphatic rings. The molecule has 0 saturated carbocycles. The van der Waals surface area contributed by atoms with E-state index in [1.807, 2.05) is 24.3 Å². The van der Waals surface area contributed by atoms with E-state index in [0.29, 0.717) is 5.69 Å². The van der Waals surface area contributed by atoms with Crippen molar-refractivity contribution in [2.75, 3.05) is 19.3 Å². The molecule has 0 aliphatic heterocycles. The van der Waals surface area contributed by atoms with Crippen LogP contribution in [0.5, 0.6) is 0 Å². The largest absolute Gasteiger partial charge is 0.397 e. The van der Waals surface area contributed by atoms with Gasteiger partial charge in [-0.05, 0) is 36.9 Å². The van der Waals surface area contributed by atoms with E-state index < -0.39 is 0 Å². The van der Waals surface area contributed by atoms with Crippen molar-refractivity contribution in [1.29, 1.82) is 0 Å². The number of benzene rings is 1. The summed E-state index contributed by atoms with van der Waals surface area (Å²) in [6, 6.07) is 11.8. The number of anilines is 1. The Hall–Kier alpha value is -1.58. The van der Waals surface area contributed by atoms with Gasteiger partial charge in [-0.15, -0.1) is 0 Å². The molecule has 4 heteroatoms. The van der Waals surface area contributed by atoms with Crippen molar-refractivity contribution < 1.29 is 0 Å². The first-order valence-electron chi connectivity index (χ1n) is 6.27. The van der Waals surface area contributed by atoms with E-state index in [4.69, 9.17) is 17.3 Å². The molecule has 0 saturated heterocycles. The predicted molar refractivity (Wildman–Crippen MR) is 80.1 cm³/mol. The quantitative estimate of drug-likeness (QED) is 0.912. The molecule has 2 N–H and O–H groups in total. The molecule has 0 fully saturated rings. The second-order valence-electron chi connectivity index (χ2n) is 4.70. The molecular formula is C15H18ClN3. The van der Waals surface area contributed by atoms with E-state index >= 15 is 0 Å². The van der Waals surface area contributed by atoms with Crippen LogP contribution in [0.25, 0.3) is 0 Å². The summed E-state index contributed by atoms with van der Waals surface area (Å²) in [6.07, 6.45) is 2.62. The van der Waals surface area contributed by atoms with Gasteiger partial charge in [0.05, 0.1) is 11.9 Å². The minimum absolute atomic E-state index is 0.707. The van der Waals surface area contributed by atoms with Gasteiger partial charge >= 0.3 is 0 Å². The average Bonchev–Trinajstić information content (AvgIpc) is 2.41. The number of nitrogens with zero attached hydrogens (tertiary/aromatic N) is 2. The first-order chi connectivity index (χ1) is 9.13. The fourth-order valence-electron chi connectivity index (χ4n) is 1.87. The first-order valence-corrected chi connectivity index (χ1v) is 6.64. The van der Waals surface area contributed by atoms with Gasteiger partial charge in [0.25, 0.3) is 0 Å². The van der Waals surface area contributed by atoms with Crippen LogP contribution in [-0.4, -0.2) is 23.5 Å². The minimum atomic E-state index is 0.707. The number of nitrogens with two attached hydrogens (primary N) is 1. The van der Waals surface area contributed by atoms with Gasteiger partial charge < -0.3 is 10.6 Å². The Kier molecular flexibility index (Phi) is 4.77. The molecule has 2 rings (SSSR count). The Labute approximate surface area is 119 Å². The predicted octanol–water partition coefficient (Wildman–Crippen LogP) is 2.99. The minimum Gasteiger partial charge on any atom is -0.397 e. The highest BCUT2D eigenvalue weighted by molar-refractivity contribution is 6.30. The number of hydrogen-bond acceptors (Lipinski definition) is 3. The summed E-state index contributed by atoms with van der Waals surface area (Å²) in [5, 5.41) is 0.775. The molecule has 0 spiro atoms. The molecule has 2 aromatic rings. The van der Waals surface area contributed by atoms with Crippen molar-refractivity contribution in [3.8, 4) is 0 Å². The van der Waals surface area contributed by atoms with Crippen LogP contribution >= 0.6 is 11.6 Å². The van der Waals surface area contributed by atoms with Gasteiger partial charge in [-0.3, -0.25) is 4.98 Å². The second-order valence-corrected chi connectivity index (χ2v) is 5.13. The second kappa shape index (κ2) is 6.55. The standard InChI is InChI=1S/C15H18ClN3/c1-19(11-12-2-4-13(16)5-3-12)9-8-15-7-6-14(17)10-18-15/h2-7,10H,8-9,11,17H2,1H3. The molecular weight excluding hydrogens is 258 g/mol. The fraction of sp³-hybridized carbons (Fsp3) is 0.267. The van der Waals surface area contributed by atoms with Crippen molar-refractivity contribution in [2.45, 2.75) is 13.0 Å². The van der Waals surface area contributed by atoms with Gasteiger partial charge in [-0.1, -0.05) is 23.7 Å². The van der Waals surface area contributed by atoms with Crippen LogP contribution in [0.15, 0.2) is 42.6 Å². The van der Waals surface area contributed by atoms with Crippen LogP contribution in [0, 0.1) is 0 Å². The maximum absolute atomic E-state index is 5.87. The van der Waals surface area contributed by atoms with Gasteiger partial charge in [-0.25, -0.2) is 0 Å². The lowest BCUT2D eigenvalue weighted by Crippen LogP contribution is -2.21. The average molecular weight is 276 g/mol. The first kappa shape index (κ1) is 13.8. The van der Waals surface area contributed by atoms with Crippen LogP contribution in [-0.2, 0) is 13.0 Å². The number of hydrogen-bond donors (Lipinski definition) is 1. The molecule has 0 amide bonds. The van der Waals surface area contributed by atoms with Crippen LogP contribution in [0.4, 0.5) is 5.69 Å². The molecule has 0 radical (unpaired) electrons. The van der Waals surface area contributed by atoms with Crippen molar-refractivity contribution >= 4 is 17.3 Å². The zero-order valence-corrected chi connectivity index (χ0v) is 11.8. The molecule has 1 aromatic carbocycles. The summed E-state index contributed by atoms with van der Waals surface area (Å²) in [7, 11) is 2.10. The number of rotatable bonds is 5. The molecule has 0 unspecified atom stereocenters. The molecule has 0 bridgehead atoms. The van der Waals surface area contributed by atoms with E-state index in [2.05, 4.69) is 29.1 Å². The van der Waals surface area contributed by atoms with Gasteiger partial charge in [0.15, 0.2) is 0 Å². The summed E-state index contributed by atoms with van der Waals surface area (Å²) < 4.78 is 0. The normalized spacial score (nSPS) is 10.9. The number of nitrogen functional groups attached to an aromatic ring is 1. The van der Waals surface area contributed by atoms with E-state index in [1.165, 1.54) is 5.56 Å². The SMILES string of the molecule is CN(CCc1ccc(N)cn1)Cc1ccc(Cl)cc1. The van der Waals surface area contributed by atoms with Crippen LogP contribution in [0.2, 0.25) is 5.02 Å². The topological polar surface area (TPSA) is 42.1 Å². The summed E-state index contributed by atoms with van der Waals surface area (Å²) >= 11 is 5.87. The molecule has 19 heavy (non-hydrogen) atoms. The molecule has 0 aliphatic carbocycles. The van der Waals surface area contributed by atoms with Crippen molar-refractivity contribution in [3.63, 3.8) is 0 Å². The molecule has 1 heterocycles. The van der Waals surface area contributed by atoms with E-state index in [0.717, 1.165) is 30.2 Å². The zero-order chi connectivity index (χ0) is 13.7. The summed E-state index contributed by atoms with van der Waals surface area (Å²) in [4.78, 5) is 6.56. The number of aromatic nitrogens is 1. The van der Waals surface area contributed by atoms with Gasteiger partial charge in [0, 0.05) is 30.2 Å². The lowest BCUT2D eigenvalue weighted by molar-refractivity contribution is 0.330. The maximum atomic E-state index is 5.87. The molecule has 0 atom stereocenters. The van der Waals surface area contributed by atoms with Gasteiger partial charge in [-0.2, -0.15) is 0 Å². The summed E-state index contributed by atoms with van der Waals surface area (Å²) in [6.45, 7) is 1.87. The Morgan fingerprint density at radius 1 is 1.16 bits per heavy atom. The molecule has 3 nitrogen and oxygen atoms in total. The van der Waals surface area contributed by atoms with E-state index in [9.17, 15) is 0 Å². The summed E-state index contributed by atoms with van der Waals surface area (Å²) in [5.74, 6) is 0.